The van der Waals surface area contributed by atoms with E-state index in [1.54, 1.807) is 0 Å². The van der Waals surface area contributed by atoms with Gasteiger partial charge in [0.15, 0.2) is 0 Å². The second kappa shape index (κ2) is 7.42. The van der Waals surface area contributed by atoms with E-state index in [2.05, 4.69) is 43.1 Å². The maximum Gasteiger partial charge on any atom is 0.0667 e. The Morgan fingerprint density at radius 1 is 1.25 bits per heavy atom. The third-order valence-electron chi connectivity index (χ3n) is 2.71. The van der Waals surface area contributed by atoms with Crippen LogP contribution in [0.25, 0.3) is 0 Å². The highest BCUT2D eigenvalue weighted by molar-refractivity contribution is 5.14. The maximum atomic E-state index is 9.79. The van der Waals surface area contributed by atoms with Crippen LogP contribution in [-0.2, 0) is 6.54 Å². The molecule has 2 heteroatoms. The van der Waals surface area contributed by atoms with Gasteiger partial charge in [0.25, 0.3) is 0 Å². The molecule has 0 saturated heterocycles. The van der Waals surface area contributed by atoms with E-state index < -0.39 is 0 Å². The van der Waals surface area contributed by atoms with Crippen molar-refractivity contribution in [1.82, 2.24) is 4.90 Å². The standard InChI is InChI=1S/C14H23NO/c1-3-4-10-14(16)12-15(2)11-13-8-6-5-7-9-13/h5-9,14,16H,3-4,10-12H2,1-2H3. The number of aliphatic hydroxyl groups is 1. The molecule has 0 aliphatic carbocycles. The Hall–Kier alpha value is -0.860. The van der Waals surface area contributed by atoms with Gasteiger partial charge < -0.3 is 5.11 Å². The predicted octanol–water partition coefficient (Wildman–Crippen LogP) is 2.67. The van der Waals surface area contributed by atoms with Crippen molar-refractivity contribution in [2.24, 2.45) is 0 Å². The zero-order chi connectivity index (χ0) is 11.8. The smallest absolute Gasteiger partial charge is 0.0667 e. The van der Waals surface area contributed by atoms with Gasteiger partial charge in [-0.2, -0.15) is 0 Å². The van der Waals surface area contributed by atoms with Crippen LogP contribution in [0.1, 0.15) is 31.7 Å². The summed E-state index contributed by atoms with van der Waals surface area (Å²) in [5, 5.41) is 9.79. The van der Waals surface area contributed by atoms with Crippen molar-refractivity contribution in [3.8, 4) is 0 Å². The maximum absolute atomic E-state index is 9.79. The van der Waals surface area contributed by atoms with Gasteiger partial charge in [-0.15, -0.1) is 0 Å². The largest absolute Gasteiger partial charge is 0.392 e. The summed E-state index contributed by atoms with van der Waals surface area (Å²) in [5.41, 5.74) is 1.30. The number of nitrogens with zero attached hydrogens (tertiary/aromatic N) is 1. The summed E-state index contributed by atoms with van der Waals surface area (Å²) in [6.45, 7) is 3.82. The molecule has 1 unspecified atom stereocenters. The number of likely N-dealkylation sites (N-methyl/N-ethyl adjacent to an activating group) is 1. The molecule has 2 nitrogen and oxygen atoms in total. The van der Waals surface area contributed by atoms with Crippen LogP contribution in [0.3, 0.4) is 0 Å². The molecule has 1 aromatic carbocycles. The van der Waals surface area contributed by atoms with E-state index in [4.69, 9.17) is 0 Å². The number of benzene rings is 1. The first-order valence-corrected chi connectivity index (χ1v) is 6.13. The number of aliphatic hydroxyl groups excluding tert-OH is 1. The zero-order valence-electron chi connectivity index (χ0n) is 10.4. The highest BCUT2D eigenvalue weighted by Crippen LogP contribution is 2.06. The van der Waals surface area contributed by atoms with Crippen molar-refractivity contribution in [2.45, 2.75) is 38.8 Å². The van der Waals surface area contributed by atoms with E-state index in [9.17, 15) is 5.11 Å². The van der Waals surface area contributed by atoms with Crippen LogP contribution in [0, 0.1) is 0 Å². The molecule has 0 radical (unpaired) electrons. The highest BCUT2D eigenvalue weighted by Gasteiger charge is 2.07. The molecule has 16 heavy (non-hydrogen) atoms. The minimum Gasteiger partial charge on any atom is -0.392 e. The molecule has 0 fully saturated rings. The average Bonchev–Trinajstić information content (AvgIpc) is 2.27. The lowest BCUT2D eigenvalue weighted by molar-refractivity contribution is 0.113. The molecule has 0 heterocycles. The van der Waals surface area contributed by atoms with Crippen molar-refractivity contribution in [1.29, 1.82) is 0 Å². The lowest BCUT2D eigenvalue weighted by Crippen LogP contribution is -2.28. The van der Waals surface area contributed by atoms with Gasteiger partial charge in [-0.1, -0.05) is 50.1 Å². The second-order valence-electron chi connectivity index (χ2n) is 4.48. The normalized spacial score (nSPS) is 13.0. The summed E-state index contributed by atoms with van der Waals surface area (Å²) < 4.78 is 0. The number of rotatable bonds is 7. The van der Waals surface area contributed by atoms with E-state index in [1.807, 2.05) is 6.07 Å². The summed E-state index contributed by atoms with van der Waals surface area (Å²) in [4.78, 5) is 2.18. The summed E-state index contributed by atoms with van der Waals surface area (Å²) in [5.74, 6) is 0. The highest BCUT2D eigenvalue weighted by atomic mass is 16.3. The van der Waals surface area contributed by atoms with Crippen molar-refractivity contribution in [2.75, 3.05) is 13.6 Å². The van der Waals surface area contributed by atoms with Gasteiger partial charge in [-0.3, -0.25) is 4.90 Å². The summed E-state index contributed by atoms with van der Waals surface area (Å²) in [7, 11) is 2.06. The Balaban J connectivity index is 2.27. The molecular weight excluding hydrogens is 198 g/mol. The predicted molar refractivity (Wildman–Crippen MR) is 68.3 cm³/mol. The van der Waals surface area contributed by atoms with Crippen molar-refractivity contribution >= 4 is 0 Å². The van der Waals surface area contributed by atoms with Gasteiger partial charge in [0.1, 0.15) is 0 Å². The first-order valence-electron chi connectivity index (χ1n) is 6.13. The van der Waals surface area contributed by atoms with Crippen LogP contribution in [0.5, 0.6) is 0 Å². The summed E-state index contributed by atoms with van der Waals surface area (Å²) in [6, 6.07) is 10.4. The summed E-state index contributed by atoms with van der Waals surface area (Å²) in [6.07, 6.45) is 2.99. The lowest BCUT2D eigenvalue weighted by Gasteiger charge is -2.20. The Morgan fingerprint density at radius 3 is 2.56 bits per heavy atom. The van der Waals surface area contributed by atoms with E-state index in [-0.39, 0.29) is 6.10 Å². The molecule has 1 rings (SSSR count). The van der Waals surface area contributed by atoms with Gasteiger partial charge in [-0.05, 0) is 19.0 Å². The van der Waals surface area contributed by atoms with Crippen LogP contribution in [0.15, 0.2) is 30.3 Å². The van der Waals surface area contributed by atoms with Gasteiger partial charge in [0.05, 0.1) is 6.10 Å². The third kappa shape index (κ3) is 5.29. The van der Waals surface area contributed by atoms with Gasteiger partial charge in [0, 0.05) is 13.1 Å². The Bertz CT molecular complexity index is 273. The minimum atomic E-state index is -0.186. The van der Waals surface area contributed by atoms with Crippen molar-refractivity contribution in [3.05, 3.63) is 35.9 Å². The third-order valence-corrected chi connectivity index (χ3v) is 2.71. The summed E-state index contributed by atoms with van der Waals surface area (Å²) >= 11 is 0. The molecule has 1 aromatic rings. The molecule has 0 saturated carbocycles. The first kappa shape index (κ1) is 13.2. The number of hydrogen-bond donors (Lipinski definition) is 1. The van der Waals surface area contributed by atoms with E-state index in [1.165, 1.54) is 5.56 Å². The van der Waals surface area contributed by atoms with Crippen LogP contribution in [0.4, 0.5) is 0 Å². The SMILES string of the molecule is CCCCC(O)CN(C)Cc1ccccc1. The molecule has 0 aliphatic heterocycles. The molecular formula is C14H23NO. The van der Waals surface area contributed by atoms with Crippen molar-refractivity contribution < 1.29 is 5.11 Å². The van der Waals surface area contributed by atoms with Gasteiger partial charge >= 0.3 is 0 Å². The molecule has 0 aliphatic rings. The fourth-order valence-electron chi connectivity index (χ4n) is 1.85. The van der Waals surface area contributed by atoms with Crippen LogP contribution in [-0.4, -0.2) is 29.7 Å². The first-order chi connectivity index (χ1) is 7.72. The van der Waals surface area contributed by atoms with Crippen LogP contribution >= 0.6 is 0 Å². The average molecular weight is 221 g/mol. The Labute approximate surface area is 98.9 Å². The lowest BCUT2D eigenvalue weighted by atomic mass is 10.1. The molecule has 0 amide bonds. The number of unbranched alkanes of at least 4 members (excludes halogenated alkanes) is 1. The van der Waals surface area contributed by atoms with Gasteiger partial charge in [-0.25, -0.2) is 0 Å². The molecule has 90 valence electrons. The topological polar surface area (TPSA) is 23.5 Å². The van der Waals surface area contributed by atoms with Gasteiger partial charge in [0.2, 0.25) is 0 Å². The Kier molecular flexibility index (Phi) is 6.12. The van der Waals surface area contributed by atoms with Crippen LogP contribution < -0.4 is 0 Å². The fraction of sp³-hybridized carbons (Fsp3) is 0.571. The Morgan fingerprint density at radius 2 is 1.94 bits per heavy atom. The zero-order valence-corrected chi connectivity index (χ0v) is 10.4. The van der Waals surface area contributed by atoms with Crippen LogP contribution in [0.2, 0.25) is 0 Å². The monoisotopic (exact) mass is 221 g/mol. The van der Waals surface area contributed by atoms with E-state index in [0.29, 0.717) is 0 Å². The van der Waals surface area contributed by atoms with Crippen molar-refractivity contribution in [3.63, 3.8) is 0 Å². The molecule has 0 aromatic heterocycles. The second-order valence-corrected chi connectivity index (χ2v) is 4.48. The fourth-order valence-corrected chi connectivity index (χ4v) is 1.85. The van der Waals surface area contributed by atoms with E-state index in [0.717, 1.165) is 32.4 Å². The number of hydrogen-bond acceptors (Lipinski definition) is 2. The molecule has 0 bridgehead atoms. The molecule has 1 atom stereocenters. The molecule has 1 N–H and O–H groups in total. The van der Waals surface area contributed by atoms with E-state index >= 15 is 0 Å². The quantitative estimate of drug-likeness (QED) is 0.765. The molecule has 0 spiro atoms. The minimum absolute atomic E-state index is 0.186.